The van der Waals surface area contributed by atoms with Gasteiger partial charge >= 0.3 is 0 Å². The maximum Gasteiger partial charge on any atom is 0.240 e. The van der Waals surface area contributed by atoms with Crippen LogP contribution in [0.1, 0.15) is 43.7 Å². The Labute approximate surface area is 163 Å². The lowest BCUT2D eigenvalue weighted by Crippen LogP contribution is -2.43. The Morgan fingerprint density at radius 1 is 1.26 bits per heavy atom. The van der Waals surface area contributed by atoms with Crippen LogP contribution in [0.15, 0.2) is 28.1 Å². The second-order valence-electron chi connectivity index (χ2n) is 7.93. The first-order valence-electron chi connectivity index (χ1n) is 9.95. The van der Waals surface area contributed by atoms with E-state index in [9.17, 15) is 8.42 Å². The number of rotatable bonds is 6. The van der Waals surface area contributed by atoms with Gasteiger partial charge in [-0.3, -0.25) is 4.99 Å². The van der Waals surface area contributed by atoms with Gasteiger partial charge in [0.2, 0.25) is 10.0 Å². The molecule has 0 aromatic heterocycles. The summed E-state index contributed by atoms with van der Waals surface area (Å²) < 4.78 is 27.8. The number of nitrogens with zero attached hydrogens (tertiary/aromatic N) is 2. The molecule has 2 fully saturated rings. The highest BCUT2D eigenvalue weighted by atomic mass is 32.2. The van der Waals surface area contributed by atoms with E-state index in [0.717, 1.165) is 36.7 Å². The van der Waals surface area contributed by atoms with Crippen LogP contribution in [0, 0.1) is 19.3 Å². The van der Waals surface area contributed by atoms with Crippen LogP contribution in [-0.2, 0) is 10.0 Å². The van der Waals surface area contributed by atoms with Crippen LogP contribution in [0.2, 0.25) is 0 Å². The molecular formula is C20H32N4O2S. The average molecular weight is 393 g/mol. The predicted molar refractivity (Wildman–Crippen MR) is 110 cm³/mol. The zero-order valence-corrected chi connectivity index (χ0v) is 17.5. The molecule has 1 aliphatic carbocycles. The molecule has 1 heterocycles. The third kappa shape index (κ3) is 4.63. The Morgan fingerprint density at radius 2 is 2.04 bits per heavy atom. The lowest BCUT2D eigenvalue weighted by Gasteiger charge is -2.38. The normalized spacial score (nSPS) is 19.4. The Hall–Kier alpha value is -1.60. The van der Waals surface area contributed by atoms with Crippen LogP contribution in [-0.4, -0.2) is 52.0 Å². The van der Waals surface area contributed by atoms with Crippen LogP contribution in [0.25, 0.3) is 0 Å². The van der Waals surface area contributed by atoms with Gasteiger partial charge in [0.15, 0.2) is 5.96 Å². The van der Waals surface area contributed by atoms with E-state index in [1.165, 1.54) is 25.7 Å². The maximum absolute atomic E-state index is 12.6. The molecule has 27 heavy (non-hydrogen) atoms. The summed E-state index contributed by atoms with van der Waals surface area (Å²) in [7, 11) is -3.51. The Morgan fingerprint density at radius 3 is 2.67 bits per heavy atom. The molecular weight excluding hydrogens is 360 g/mol. The smallest absolute Gasteiger partial charge is 0.240 e. The molecule has 1 saturated heterocycles. The number of aryl methyl sites for hydroxylation is 2. The molecule has 0 amide bonds. The Kier molecular flexibility index (Phi) is 6.11. The predicted octanol–water partition coefficient (Wildman–Crippen LogP) is 2.42. The molecule has 1 aliphatic heterocycles. The first-order valence-corrected chi connectivity index (χ1v) is 11.4. The van der Waals surface area contributed by atoms with E-state index in [4.69, 9.17) is 0 Å². The van der Waals surface area contributed by atoms with Gasteiger partial charge in [0, 0.05) is 26.2 Å². The van der Waals surface area contributed by atoms with Crippen molar-refractivity contribution in [1.82, 2.24) is 14.9 Å². The minimum absolute atomic E-state index is 0.295. The molecule has 1 aromatic carbocycles. The molecule has 1 aromatic rings. The molecule has 0 bridgehead atoms. The molecule has 1 spiro atoms. The lowest BCUT2D eigenvalue weighted by atomic mass is 9.68. The van der Waals surface area contributed by atoms with E-state index in [2.05, 4.69) is 26.9 Å². The van der Waals surface area contributed by atoms with Gasteiger partial charge < -0.3 is 10.2 Å². The summed E-state index contributed by atoms with van der Waals surface area (Å²) in [6, 6.07) is 5.48. The Balaban J connectivity index is 1.58. The van der Waals surface area contributed by atoms with Crippen molar-refractivity contribution in [3.05, 3.63) is 29.3 Å². The van der Waals surface area contributed by atoms with E-state index < -0.39 is 10.0 Å². The van der Waals surface area contributed by atoms with Crippen LogP contribution in [0.3, 0.4) is 0 Å². The van der Waals surface area contributed by atoms with Crippen molar-refractivity contribution in [1.29, 1.82) is 0 Å². The standard InChI is InChI=1S/C20H32N4O2S/c1-4-21-19(24-13-10-20(15-24)8-5-9-20)22-11-12-23-27(25,26)18-14-16(2)6-7-17(18)3/h6-7,14,23H,4-5,8-13,15H2,1-3H3,(H,21,22). The van der Waals surface area contributed by atoms with E-state index in [0.29, 0.717) is 23.4 Å². The summed E-state index contributed by atoms with van der Waals surface area (Å²) >= 11 is 0. The van der Waals surface area contributed by atoms with Crippen molar-refractivity contribution < 1.29 is 8.42 Å². The van der Waals surface area contributed by atoms with Gasteiger partial charge in [-0.1, -0.05) is 18.6 Å². The van der Waals surface area contributed by atoms with Crippen molar-refractivity contribution >= 4 is 16.0 Å². The molecule has 7 heteroatoms. The highest BCUT2D eigenvalue weighted by Crippen LogP contribution is 2.47. The third-order valence-corrected chi connectivity index (χ3v) is 7.39. The number of guanidine groups is 1. The largest absolute Gasteiger partial charge is 0.357 e. The van der Waals surface area contributed by atoms with Crippen LogP contribution in [0.5, 0.6) is 0 Å². The fourth-order valence-corrected chi connectivity index (χ4v) is 5.39. The van der Waals surface area contributed by atoms with Gasteiger partial charge in [-0.25, -0.2) is 13.1 Å². The minimum atomic E-state index is -3.51. The lowest BCUT2D eigenvalue weighted by molar-refractivity contribution is 0.151. The van der Waals surface area contributed by atoms with Crippen molar-refractivity contribution in [2.45, 2.75) is 51.3 Å². The van der Waals surface area contributed by atoms with Gasteiger partial charge in [0.1, 0.15) is 0 Å². The number of hydrogen-bond acceptors (Lipinski definition) is 3. The van der Waals surface area contributed by atoms with E-state index in [-0.39, 0.29) is 0 Å². The van der Waals surface area contributed by atoms with Crippen LogP contribution >= 0.6 is 0 Å². The van der Waals surface area contributed by atoms with Crippen LogP contribution < -0.4 is 10.0 Å². The van der Waals surface area contributed by atoms with Crippen molar-refractivity contribution in [2.24, 2.45) is 10.4 Å². The molecule has 2 N–H and O–H groups in total. The molecule has 0 radical (unpaired) electrons. The molecule has 0 atom stereocenters. The summed E-state index contributed by atoms with van der Waals surface area (Å²) in [5.74, 6) is 0.909. The van der Waals surface area contributed by atoms with E-state index in [1.807, 2.05) is 26.0 Å². The van der Waals surface area contributed by atoms with Crippen molar-refractivity contribution in [3.8, 4) is 0 Å². The van der Waals surface area contributed by atoms with E-state index in [1.54, 1.807) is 6.07 Å². The number of sulfonamides is 1. The Bertz CT molecular complexity index is 800. The molecule has 0 unspecified atom stereocenters. The van der Waals surface area contributed by atoms with E-state index >= 15 is 0 Å². The van der Waals surface area contributed by atoms with Crippen LogP contribution in [0.4, 0.5) is 0 Å². The monoisotopic (exact) mass is 392 g/mol. The summed E-state index contributed by atoms with van der Waals surface area (Å²) in [6.45, 7) is 9.44. The second kappa shape index (κ2) is 8.19. The number of hydrogen-bond donors (Lipinski definition) is 2. The summed E-state index contributed by atoms with van der Waals surface area (Å²) in [6.07, 6.45) is 5.26. The average Bonchev–Trinajstić information content (AvgIpc) is 3.05. The first kappa shape index (κ1) is 20.1. The van der Waals surface area contributed by atoms with Crippen molar-refractivity contribution in [3.63, 3.8) is 0 Å². The topological polar surface area (TPSA) is 73.8 Å². The molecule has 150 valence electrons. The van der Waals surface area contributed by atoms with Gasteiger partial charge in [0.05, 0.1) is 11.4 Å². The minimum Gasteiger partial charge on any atom is -0.357 e. The summed E-state index contributed by atoms with van der Waals surface area (Å²) in [5, 5.41) is 3.36. The highest BCUT2D eigenvalue weighted by Gasteiger charge is 2.43. The number of benzene rings is 1. The maximum atomic E-state index is 12.6. The SMILES string of the molecule is CCNC(=NCCNS(=O)(=O)c1cc(C)ccc1C)N1CCC2(CCC2)C1. The second-order valence-corrected chi connectivity index (χ2v) is 9.66. The summed E-state index contributed by atoms with van der Waals surface area (Å²) in [4.78, 5) is 7.35. The first-order chi connectivity index (χ1) is 12.9. The number of nitrogens with one attached hydrogen (secondary N) is 2. The molecule has 3 rings (SSSR count). The zero-order chi connectivity index (χ0) is 19.5. The molecule has 2 aliphatic rings. The summed E-state index contributed by atoms with van der Waals surface area (Å²) in [5.41, 5.74) is 2.21. The van der Waals surface area contributed by atoms with Gasteiger partial charge in [-0.2, -0.15) is 0 Å². The third-order valence-electron chi connectivity index (χ3n) is 5.79. The van der Waals surface area contributed by atoms with Crippen molar-refractivity contribution in [2.75, 3.05) is 32.7 Å². The van der Waals surface area contributed by atoms with Gasteiger partial charge in [-0.05, 0) is 62.6 Å². The number of likely N-dealkylation sites (tertiary alicyclic amines) is 1. The fraction of sp³-hybridized carbons (Fsp3) is 0.650. The molecule has 1 saturated carbocycles. The molecule has 6 nitrogen and oxygen atoms in total. The zero-order valence-electron chi connectivity index (χ0n) is 16.7. The highest BCUT2D eigenvalue weighted by molar-refractivity contribution is 7.89. The number of aliphatic imine (C=N–C) groups is 1. The fourth-order valence-electron chi connectivity index (χ4n) is 4.04. The van der Waals surface area contributed by atoms with Gasteiger partial charge in [-0.15, -0.1) is 0 Å². The quantitative estimate of drug-likeness (QED) is 0.443. The van der Waals surface area contributed by atoms with Gasteiger partial charge in [0.25, 0.3) is 0 Å².